The monoisotopic (exact) mass is 253 g/mol. The largest absolute Gasteiger partial charge is 0.384 e. The van der Waals surface area contributed by atoms with E-state index in [0.717, 1.165) is 19.3 Å². The second-order valence-electron chi connectivity index (χ2n) is 4.02. The molecule has 0 fully saturated rings. The lowest BCUT2D eigenvalue weighted by Gasteiger charge is -2.19. The summed E-state index contributed by atoms with van der Waals surface area (Å²) in [5.74, 6) is 0.310. The zero-order chi connectivity index (χ0) is 12.3. The third-order valence-corrected chi connectivity index (χ3v) is 4.17. The van der Waals surface area contributed by atoms with E-state index in [0.29, 0.717) is 5.82 Å². The summed E-state index contributed by atoms with van der Waals surface area (Å²) in [6.07, 6.45) is 7.82. The van der Waals surface area contributed by atoms with Crippen LogP contribution < -0.4 is 10.5 Å². The highest BCUT2D eigenvalue weighted by Crippen LogP contribution is 2.15. The summed E-state index contributed by atoms with van der Waals surface area (Å²) >= 11 is 0. The SMILES string of the molecule is Nc1ccc(S(=O)(=O)NC2CC=CCC2)cn1. The molecule has 0 radical (unpaired) electrons. The van der Waals surface area contributed by atoms with Crippen LogP contribution in [-0.4, -0.2) is 19.4 Å². The number of hydrogen-bond donors (Lipinski definition) is 2. The van der Waals surface area contributed by atoms with Gasteiger partial charge in [-0.2, -0.15) is 0 Å². The fraction of sp³-hybridized carbons (Fsp3) is 0.364. The van der Waals surface area contributed by atoms with Crippen molar-refractivity contribution in [2.45, 2.75) is 30.2 Å². The predicted octanol–water partition coefficient (Wildman–Crippen LogP) is 1.05. The first-order chi connectivity index (χ1) is 8.08. The number of sulfonamides is 1. The van der Waals surface area contributed by atoms with E-state index < -0.39 is 10.0 Å². The highest BCUT2D eigenvalue weighted by Gasteiger charge is 2.20. The summed E-state index contributed by atoms with van der Waals surface area (Å²) in [5.41, 5.74) is 5.42. The number of hydrogen-bond acceptors (Lipinski definition) is 4. The molecule has 1 aliphatic carbocycles. The standard InChI is InChI=1S/C11H15N3O2S/c12-11-7-6-10(8-13-11)17(15,16)14-9-4-2-1-3-5-9/h1-2,6-9,14H,3-5H2,(H2,12,13). The Morgan fingerprint density at radius 2 is 2.18 bits per heavy atom. The van der Waals surface area contributed by atoms with Crippen LogP contribution in [0.25, 0.3) is 0 Å². The van der Waals surface area contributed by atoms with Crippen LogP contribution in [0.5, 0.6) is 0 Å². The minimum Gasteiger partial charge on any atom is -0.384 e. The number of pyridine rings is 1. The molecule has 0 aliphatic heterocycles. The molecule has 0 aromatic carbocycles. The van der Waals surface area contributed by atoms with Gasteiger partial charge in [0, 0.05) is 12.2 Å². The minimum atomic E-state index is -3.48. The lowest BCUT2D eigenvalue weighted by molar-refractivity contribution is 0.522. The average Bonchev–Trinajstić information content (AvgIpc) is 2.30. The van der Waals surface area contributed by atoms with Crippen molar-refractivity contribution >= 4 is 15.8 Å². The molecule has 1 aromatic heterocycles. The van der Waals surface area contributed by atoms with Crippen LogP contribution >= 0.6 is 0 Å². The molecule has 2 rings (SSSR count). The molecule has 1 atom stereocenters. The molecule has 3 N–H and O–H groups in total. The van der Waals surface area contributed by atoms with Crippen LogP contribution in [0.4, 0.5) is 5.82 Å². The molecule has 0 amide bonds. The Kier molecular flexibility index (Phi) is 3.44. The molecule has 0 spiro atoms. The molecular formula is C11H15N3O2S. The van der Waals surface area contributed by atoms with E-state index in [2.05, 4.69) is 15.8 Å². The maximum Gasteiger partial charge on any atom is 0.242 e. The maximum absolute atomic E-state index is 12.0. The van der Waals surface area contributed by atoms with Gasteiger partial charge in [-0.1, -0.05) is 12.2 Å². The summed E-state index contributed by atoms with van der Waals surface area (Å²) in [6, 6.07) is 2.92. The highest BCUT2D eigenvalue weighted by atomic mass is 32.2. The molecule has 0 saturated heterocycles. The summed E-state index contributed by atoms with van der Waals surface area (Å²) < 4.78 is 26.7. The van der Waals surface area contributed by atoms with Gasteiger partial charge < -0.3 is 5.73 Å². The number of rotatable bonds is 3. The van der Waals surface area contributed by atoms with Crippen LogP contribution in [0, 0.1) is 0 Å². The molecule has 0 bridgehead atoms. The molecule has 1 aliphatic rings. The lowest BCUT2D eigenvalue weighted by atomic mass is 10.0. The van der Waals surface area contributed by atoms with E-state index in [1.54, 1.807) is 0 Å². The minimum absolute atomic E-state index is 0.0254. The van der Waals surface area contributed by atoms with Gasteiger partial charge in [-0.15, -0.1) is 0 Å². The van der Waals surface area contributed by atoms with Crippen LogP contribution in [0.3, 0.4) is 0 Å². The van der Waals surface area contributed by atoms with Gasteiger partial charge in [-0.25, -0.2) is 18.1 Å². The first-order valence-corrected chi connectivity index (χ1v) is 6.95. The summed E-state index contributed by atoms with van der Waals surface area (Å²) in [4.78, 5) is 3.94. The number of nitrogen functional groups attached to an aromatic ring is 1. The van der Waals surface area contributed by atoms with Crippen molar-refractivity contribution in [2.24, 2.45) is 0 Å². The number of nitrogens with two attached hydrogens (primary N) is 1. The van der Waals surface area contributed by atoms with Gasteiger partial charge >= 0.3 is 0 Å². The Morgan fingerprint density at radius 3 is 2.76 bits per heavy atom. The third kappa shape index (κ3) is 3.04. The van der Waals surface area contributed by atoms with Crippen molar-refractivity contribution < 1.29 is 8.42 Å². The first kappa shape index (κ1) is 12.1. The van der Waals surface area contributed by atoms with E-state index in [4.69, 9.17) is 5.73 Å². The number of nitrogens with zero attached hydrogens (tertiary/aromatic N) is 1. The fourth-order valence-corrected chi connectivity index (χ4v) is 2.97. The highest BCUT2D eigenvalue weighted by molar-refractivity contribution is 7.89. The summed E-state index contributed by atoms with van der Waals surface area (Å²) in [5, 5.41) is 0. The Labute approximate surface area is 101 Å². The van der Waals surface area contributed by atoms with Gasteiger partial charge in [0.25, 0.3) is 0 Å². The van der Waals surface area contributed by atoms with Crippen molar-refractivity contribution in [1.29, 1.82) is 0 Å². The average molecular weight is 253 g/mol. The van der Waals surface area contributed by atoms with Crippen LogP contribution in [0.15, 0.2) is 35.4 Å². The predicted molar refractivity (Wildman–Crippen MR) is 65.7 cm³/mol. The lowest BCUT2D eigenvalue weighted by Crippen LogP contribution is -2.35. The second kappa shape index (κ2) is 4.85. The number of aromatic nitrogens is 1. The number of nitrogens with one attached hydrogen (secondary N) is 1. The number of anilines is 1. The van der Waals surface area contributed by atoms with E-state index >= 15 is 0 Å². The molecule has 17 heavy (non-hydrogen) atoms. The van der Waals surface area contributed by atoms with E-state index in [1.165, 1.54) is 18.3 Å². The van der Waals surface area contributed by atoms with Crippen molar-refractivity contribution in [3.8, 4) is 0 Å². The Balaban J connectivity index is 2.13. The van der Waals surface area contributed by atoms with Gasteiger partial charge in [-0.3, -0.25) is 0 Å². The second-order valence-corrected chi connectivity index (χ2v) is 5.74. The van der Waals surface area contributed by atoms with E-state index in [-0.39, 0.29) is 10.9 Å². The molecular weight excluding hydrogens is 238 g/mol. The van der Waals surface area contributed by atoms with Crippen molar-refractivity contribution in [2.75, 3.05) is 5.73 Å². The molecule has 5 nitrogen and oxygen atoms in total. The summed E-state index contributed by atoms with van der Waals surface area (Å²) in [7, 11) is -3.48. The molecule has 1 heterocycles. The summed E-state index contributed by atoms with van der Waals surface area (Å²) in [6.45, 7) is 0. The fourth-order valence-electron chi connectivity index (χ4n) is 1.74. The van der Waals surface area contributed by atoms with Crippen LogP contribution in [0.1, 0.15) is 19.3 Å². The first-order valence-electron chi connectivity index (χ1n) is 5.47. The quantitative estimate of drug-likeness (QED) is 0.788. The van der Waals surface area contributed by atoms with Gasteiger partial charge in [-0.05, 0) is 31.4 Å². The molecule has 1 unspecified atom stereocenters. The maximum atomic E-state index is 12.0. The van der Waals surface area contributed by atoms with Crippen molar-refractivity contribution in [3.63, 3.8) is 0 Å². The zero-order valence-corrected chi connectivity index (χ0v) is 10.2. The van der Waals surface area contributed by atoms with Gasteiger partial charge in [0.2, 0.25) is 10.0 Å². The van der Waals surface area contributed by atoms with Gasteiger partial charge in [0.15, 0.2) is 0 Å². The van der Waals surface area contributed by atoms with Crippen LogP contribution in [-0.2, 0) is 10.0 Å². The van der Waals surface area contributed by atoms with Crippen LogP contribution in [0.2, 0.25) is 0 Å². The molecule has 6 heteroatoms. The van der Waals surface area contributed by atoms with E-state index in [1.807, 2.05) is 6.08 Å². The van der Waals surface area contributed by atoms with E-state index in [9.17, 15) is 8.42 Å². The van der Waals surface area contributed by atoms with Crippen molar-refractivity contribution in [3.05, 3.63) is 30.5 Å². The van der Waals surface area contributed by atoms with Gasteiger partial charge in [0.1, 0.15) is 10.7 Å². The normalized spacial score (nSPS) is 20.4. The van der Waals surface area contributed by atoms with Crippen molar-refractivity contribution in [1.82, 2.24) is 9.71 Å². The topological polar surface area (TPSA) is 85.1 Å². The third-order valence-electron chi connectivity index (χ3n) is 2.66. The van der Waals surface area contributed by atoms with Gasteiger partial charge in [0.05, 0.1) is 0 Å². The smallest absolute Gasteiger partial charge is 0.242 e. The molecule has 1 aromatic rings. The molecule has 0 saturated carbocycles. The Morgan fingerprint density at radius 1 is 1.35 bits per heavy atom. The Bertz CT molecular complexity index is 508. The molecule has 92 valence electrons. The number of allylic oxidation sites excluding steroid dienone is 1. The Hall–Kier alpha value is -1.40. The zero-order valence-electron chi connectivity index (χ0n) is 9.33.